The van der Waals surface area contributed by atoms with E-state index in [1.807, 2.05) is 24.3 Å². The lowest BCUT2D eigenvalue weighted by Gasteiger charge is -2.15. The van der Waals surface area contributed by atoms with Gasteiger partial charge in [0.1, 0.15) is 0 Å². The Kier molecular flexibility index (Phi) is 5.87. The maximum Gasteiger partial charge on any atom is 0.248 e. The summed E-state index contributed by atoms with van der Waals surface area (Å²) in [4.78, 5) is 25.6. The van der Waals surface area contributed by atoms with Crippen LogP contribution in [0, 0.1) is 0 Å². The van der Waals surface area contributed by atoms with Crippen molar-refractivity contribution in [2.45, 2.75) is 12.8 Å². The molecule has 1 heterocycles. The largest absolute Gasteiger partial charge is 0.320 e. The number of carbonyl (C=O) groups excluding carboxylic acids is 2. The van der Waals surface area contributed by atoms with Crippen LogP contribution in [0.1, 0.15) is 18.4 Å². The van der Waals surface area contributed by atoms with Gasteiger partial charge in [-0.3, -0.25) is 9.59 Å². The molecule has 0 radical (unpaired) electrons. The number of halogens is 3. The van der Waals surface area contributed by atoms with Gasteiger partial charge in [-0.05, 0) is 42.3 Å². The highest BCUT2D eigenvalue weighted by Crippen LogP contribution is 2.33. The van der Waals surface area contributed by atoms with Crippen molar-refractivity contribution in [3.05, 3.63) is 63.1 Å². The maximum atomic E-state index is 12.1. The number of hydrogen-bond acceptors (Lipinski definition) is 2. The number of carbonyl (C=O) groups is 2. The molecule has 0 unspecified atom stereocenters. The highest BCUT2D eigenvalue weighted by Gasteiger charge is 2.21. The van der Waals surface area contributed by atoms with Gasteiger partial charge in [0, 0.05) is 29.8 Å². The van der Waals surface area contributed by atoms with Crippen LogP contribution in [0.2, 0.25) is 15.1 Å². The molecule has 4 nitrogen and oxygen atoms in total. The van der Waals surface area contributed by atoms with Crippen LogP contribution < -0.4 is 10.2 Å². The van der Waals surface area contributed by atoms with Crippen molar-refractivity contribution in [2.24, 2.45) is 0 Å². The minimum atomic E-state index is -0.366. The van der Waals surface area contributed by atoms with Crippen molar-refractivity contribution in [1.29, 1.82) is 0 Å². The third kappa shape index (κ3) is 4.39. The number of nitrogens with zero attached hydrogens (tertiary/aromatic N) is 1. The summed E-state index contributed by atoms with van der Waals surface area (Å²) in [6, 6.07) is 10.5. The average Bonchev–Trinajstić information content (AvgIpc) is 3.03. The first-order valence-corrected chi connectivity index (χ1v) is 9.11. The Morgan fingerprint density at radius 3 is 2.31 bits per heavy atom. The van der Waals surface area contributed by atoms with E-state index in [1.54, 1.807) is 11.0 Å². The van der Waals surface area contributed by atoms with Gasteiger partial charge < -0.3 is 10.2 Å². The predicted molar refractivity (Wildman–Crippen MR) is 107 cm³/mol. The van der Waals surface area contributed by atoms with Crippen LogP contribution in [0.4, 0.5) is 11.4 Å². The minimum absolute atomic E-state index is 0.143. The Hall–Kier alpha value is -2.01. The summed E-state index contributed by atoms with van der Waals surface area (Å²) in [7, 11) is 0. The Morgan fingerprint density at radius 1 is 1.08 bits per heavy atom. The number of anilines is 2. The zero-order valence-electron chi connectivity index (χ0n) is 13.6. The van der Waals surface area contributed by atoms with Crippen molar-refractivity contribution in [2.75, 3.05) is 16.8 Å². The molecule has 2 aromatic rings. The topological polar surface area (TPSA) is 49.4 Å². The van der Waals surface area contributed by atoms with Gasteiger partial charge >= 0.3 is 0 Å². The summed E-state index contributed by atoms with van der Waals surface area (Å²) in [6.07, 6.45) is 4.54. The van der Waals surface area contributed by atoms with Crippen molar-refractivity contribution in [3.8, 4) is 0 Å². The summed E-state index contributed by atoms with van der Waals surface area (Å²) in [5.74, 6) is -0.223. The van der Waals surface area contributed by atoms with Gasteiger partial charge in [-0.2, -0.15) is 0 Å². The molecule has 134 valence electrons. The van der Waals surface area contributed by atoms with E-state index in [2.05, 4.69) is 5.32 Å². The summed E-state index contributed by atoms with van der Waals surface area (Å²) in [5, 5.41) is 3.57. The molecule has 7 heteroatoms. The fourth-order valence-corrected chi connectivity index (χ4v) is 3.60. The zero-order chi connectivity index (χ0) is 18.7. The molecule has 1 aliphatic rings. The predicted octanol–water partition coefficient (Wildman–Crippen LogP) is 5.43. The minimum Gasteiger partial charge on any atom is -0.320 e. The van der Waals surface area contributed by atoms with Gasteiger partial charge in [-0.15, -0.1) is 0 Å². The molecule has 0 spiro atoms. The summed E-state index contributed by atoms with van der Waals surface area (Å²) >= 11 is 17.9. The molecule has 2 aromatic carbocycles. The van der Waals surface area contributed by atoms with Crippen LogP contribution in [-0.2, 0) is 9.59 Å². The summed E-state index contributed by atoms with van der Waals surface area (Å²) in [6.45, 7) is 0.749. The second-order valence-corrected chi connectivity index (χ2v) is 7.06. The second kappa shape index (κ2) is 8.12. The maximum absolute atomic E-state index is 12.1. The first-order chi connectivity index (χ1) is 12.4. The fraction of sp³-hybridized carbons (Fsp3) is 0.158. The molecule has 3 rings (SSSR count). The molecule has 0 aromatic heterocycles. The average molecular weight is 410 g/mol. The van der Waals surface area contributed by atoms with E-state index in [9.17, 15) is 9.59 Å². The normalized spacial score (nSPS) is 14.3. The van der Waals surface area contributed by atoms with Crippen LogP contribution in [0.15, 0.2) is 42.5 Å². The number of nitrogens with one attached hydrogen (secondary N) is 1. The number of amides is 2. The number of rotatable bonds is 4. The molecular weight excluding hydrogens is 395 g/mol. The van der Waals surface area contributed by atoms with Gasteiger partial charge in [0.25, 0.3) is 0 Å². The van der Waals surface area contributed by atoms with Gasteiger partial charge in [-0.25, -0.2) is 0 Å². The van der Waals surface area contributed by atoms with Crippen molar-refractivity contribution in [1.82, 2.24) is 0 Å². The first kappa shape index (κ1) is 18.8. The van der Waals surface area contributed by atoms with E-state index in [-0.39, 0.29) is 21.9 Å². The summed E-state index contributed by atoms with van der Waals surface area (Å²) in [5.41, 5.74) is 2.02. The first-order valence-electron chi connectivity index (χ1n) is 7.98. The van der Waals surface area contributed by atoms with Crippen LogP contribution in [0.5, 0.6) is 0 Å². The molecule has 0 atom stereocenters. The van der Waals surface area contributed by atoms with E-state index >= 15 is 0 Å². The molecule has 1 fully saturated rings. The molecule has 2 amide bonds. The van der Waals surface area contributed by atoms with E-state index in [0.717, 1.165) is 24.2 Å². The van der Waals surface area contributed by atoms with Gasteiger partial charge in [0.15, 0.2) is 0 Å². The molecule has 1 N–H and O–H groups in total. The zero-order valence-corrected chi connectivity index (χ0v) is 15.9. The molecule has 1 saturated heterocycles. The summed E-state index contributed by atoms with van der Waals surface area (Å²) < 4.78 is 0. The standard InChI is InChI=1S/C19H15Cl3N2O2/c20-13-10-15(21)19(16(22)11-13)23-17(25)8-5-12-3-6-14(7-4-12)24-9-1-2-18(24)26/h3-8,10-11H,1-2,9H2,(H,23,25)/b8-5+. The third-order valence-corrected chi connectivity index (χ3v) is 4.77. The SMILES string of the molecule is O=C(/C=C/c1ccc(N2CCCC2=O)cc1)Nc1c(Cl)cc(Cl)cc1Cl. The highest BCUT2D eigenvalue weighted by molar-refractivity contribution is 6.42. The molecule has 0 saturated carbocycles. The van der Waals surface area contributed by atoms with Crippen LogP contribution in [0.3, 0.4) is 0 Å². The van der Waals surface area contributed by atoms with E-state index in [0.29, 0.717) is 17.1 Å². The number of benzene rings is 2. The van der Waals surface area contributed by atoms with E-state index in [1.165, 1.54) is 18.2 Å². The fourth-order valence-electron chi connectivity index (χ4n) is 2.68. The lowest BCUT2D eigenvalue weighted by molar-refractivity contribution is -0.117. The number of hydrogen-bond donors (Lipinski definition) is 1. The highest BCUT2D eigenvalue weighted by atomic mass is 35.5. The Balaban J connectivity index is 1.66. The third-order valence-electron chi connectivity index (χ3n) is 3.96. The Bertz CT molecular complexity index is 856. The molecule has 0 aliphatic carbocycles. The van der Waals surface area contributed by atoms with Crippen LogP contribution >= 0.6 is 34.8 Å². The lowest BCUT2D eigenvalue weighted by atomic mass is 10.2. The van der Waals surface area contributed by atoms with E-state index < -0.39 is 0 Å². The molecular formula is C19H15Cl3N2O2. The quantitative estimate of drug-likeness (QED) is 0.685. The van der Waals surface area contributed by atoms with Crippen LogP contribution in [-0.4, -0.2) is 18.4 Å². The Morgan fingerprint density at radius 2 is 1.73 bits per heavy atom. The van der Waals surface area contributed by atoms with Crippen molar-refractivity contribution < 1.29 is 9.59 Å². The van der Waals surface area contributed by atoms with Gasteiger partial charge in [0.05, 0.1) is 15.7 Å². The van der Waals surface area contributed by atoms with Crippen molar-refractivity contribution in [3.63, 3.8) is 0 Å². The molecule has 26 heavy (non-hydrogen) atoms. The Labute approximate surface area is 166 Å². The second-order valence-electron chi connectivity index (χ2n) is 5.81. The van der Waals surface area contributed by atoms with E-state index in [4.69, 9.17) is 34.8 Å². The van der Waals surface area contributed by atoms with Crippen LogP contribution in [0.25, 0.3) is 6.08 Å². The lowest BCUT2D eigenvalue weighted by Crippen LogP contribution is -2.23. The molecule has 1 aliphatic heterocycles. The smallest absolute Gasteiger partial charge is 0.248 e. The monoisotopic (exact) mass is 408 g/mol. The van der Waals surface area contributed by atoms with Gasteiger partial charge in [-0.1, -0.05) is 46.9 Å². The van der Waals surface area contributed by atoms with Gasteiger partial charge in [0.2, 0.25) is 11.8 Å². The van der Waals surface area contributed by atoms with Crippen molar-refractivity contribution >= 4 is 64.1 Å². The molecule has 0 bridgehead atoms.